The summed E-state index contributed by atoms with van der Waals surface area (Å²) in [4.78, 5) is 1.36. The number of anilines is 1. The van der Waals surface area contributed by atoms with Gasteiger partial charge in [0.15, 0.2) is 0 Å². The van der Waals surface area contributed by atoms with Crippen LogP contribution < -0.4 is 10.6 Å². The molecule has 0 aliphatic carbocycles. The lowest BCUT2D eigenvalue weighted by Crippen LogP contribution is -2.31. The Bertz CT molecular complexity index is 2970. The first kappa shape index (κ1) is 28.7. The fourth-order valence-electron chi connectivity index (χ4n) is 8.25. The normalized spacial score (nSPS) is 14.5. The Morgan fingerprint density at radius 3 is 1.75 bits per heavy atom. The van der Waals surface area contributed by atoms with Crippen molar-refractivity contribution in [3.8, 4) is 22.5 Å². The molecule has 1 atom stereocenters. The second kappa shape index (κ2) is 11.2. The molecule has 7 aromatic carbocycles. The zero-order chi connectivity index (χ0) is 33.5. The summed E-state index contributed by atoms with van der Waals surface area (Å²) in [6, 6.07) is 59.7. The number of aromatic nitrogens is 2. The summed E-state index contributed by atoms with van der Waals surface area (Å²) in [5, 5.41) is 13.9. The van der Waals surface area contributed by atoms with Gasteiger partial charge in [-0.1, -0.05) is 97.1 Å². The van der Waals surface area contributed by atoms with Crippen LogP contribution in [0.15, 0.2) is 164 Å². The number of thiophene rings is 1. The number of nitrogens with one attached hydrogen (secondary N) is 2. The van der Waals surface area contributed by atoms with E-state index in [-0.39, 0.29) is 6.17 Å². The Morgan fingerprint density at radius 1 is 0.471 bits per heavy atom. The maximum absolute atomic E-state index is 3.83. The summed E-state index contributed by atoms with van der Waals surface area (Å²) < 4.78 is 6.12. The number of para-hydroxylation sites is 3. The van der Waals surface area contributed by atoms with E-state index >= 15 is 0 Å². The van der Waals surface area contributed by atoms with Crippen LogP contribution in [0.2, 0.25) is 0 Å². The topological polar surface area (TPSA) is 33.9 Å². The molecule has 10 aromatic rings. The Morgan fingerprint density at radius 2 is 1.04 bits per heavy atom. The molecule has 5 heteroatoms. The Hall–Kier alpha value is -6.14. The summed E-state index contributed by atoms with van der Waals surface area (Å²) in [5.41, 5.74) is 12.1. The highest BCUT2D eigenvalue weighted by Gasteiger charge is 2.23. The van der Waals surface area contributed by atoms with Crippen molar-refractivity contribution < 1.29 is 0 Å². The van der Waals surface area contributed by atoms with Crippen LogP contribution in [0.25, 0.3) is 76.2 Å². The van der Waals surface area contributed by atoms with Gasteiger partial charge in [0.2, 0.25) is 0 Å². The number of hydrogen-bond acceptors (Lipinski definition) is 3. The van der Waals surface area contributed by atoms with Gasteiger partial charge in [0, 0.05) is 54.4 Å². The Kier molecular flexibility index (Phi) is 6.29. The van der Waals surface area contributed by atoms with E-state index in [2.05, 4.69) is 184 Å². The number of hydrogen-bond donors (Lipinski definition) is 2. The third kappa shape index (κ3) is 4.42. The molecule has 4 nitrogen and oxygen atoms in total. The van der Waals surface area contributed by atoms with Gasteiger partial charge in [-0.3, -0.25) is 5.32 Å². The molecule has 0 saturated heterocycles. The van der Waals surface area contributed by atoms with Crippen molar-refractivity contribution in [1.29, 1.82) is 0 Å². The predicted molar refractivity (Wildman–Crippen MR) is 216 cm³/mol. The zero-order valence-corrected chi connectivity index (χ0v) is 28.5. The minimum absolute atomic E-state index is 0.0258. The van der Waals surface area contributed by atoms with Gasteiger partial charge in [0.05, 0.1) is 27.8 Å². The van der Waals surface area contributed by atoms with Crippen molar-refractivity contribution in [2.75, 3.05) is 5.32 Å². The van der Waals surface area contributed by atoms with Crippen LogP contribution in [0.4, 0.5) is 5.69 Å². The molecular formula is C46H32N4S. The van der Waals surface area contributed by atoms with Gasteiger partial charge in [-0.25, -0.2) is 0 Å². The van der Waals surface area contributed by atoms with E-state index in [9.17, 15) is 0 Å². The third-order valence-corrected chi connectivity index (χ3v) is 11.7. The summed E-state index contributed by atoms with van der Waals surface area (Å²) in [7, 11) is 0. The first-order valence-electron chi connectivity index (χ1n) is 17.5. The number of fused-ring (bicyclic) bond motifs is 9. The molecule has 1 aliphatic heterocycles. The van der Waals surface area contributed by atoms with Gasteiger partial charge < -0.3 is 14.5 Å². The smallest absolute Gasteiger partial charge is 0.104 e. The molecule has 4 heterocycles. The number of nitrogens with zero attached hydrogens (tertiary/aromatic N) is 2. The predicted octanol–water partition coefficient (Wildman–Crippen LogP) is 12.0. The van der Waals surface area contributed by atoms with E-state index in [1.165, 1.54) is 86.6 Å². The van der Waals surface area contributed by atoms with E-state index in [1.54, 1.807) is 0 Å². The quantitative estimate of drug-likeness (QED) is 0.195. The zero-order valence-electron chi connectivity index (χ0n) is 27.7. The second-order valence-electron chi connectivity index (χ2n) is 13.5. The molecule has 0 spiro atoms. The highest BCUT2D eigenvalue weighted by Crippen LogP contribution is 2.41. The van der Waals surface area contributed by atoms with Crippen LogP contribution in [0.3, 0.4) is 0 Å². The fraction of sp³-hybridized carbons (Fsp3) is 0.0435. The number of rotatable bonds is 4. The standard InChI is InChI=1S/C46H32N4S/c1-2-12-32(13-3-1)49-39-18-7-4-15-34(39)37-26-29(21-23-41(37)49)30-22-24-42-38(27-30)35-16-5-8-19-40(35)50(42)33-14-10-11-31(25-33)46-47-28-44-45(48-46)36-17-6-9-20-43(36)51-44/h1-27,46-48H,28H2. The van der Waals surface area contributed by atoms with Gasteiger partial charge in [0.1, 0.15) is 6.17 Å². The van der Waals surface area contributed by atoms with E-state index in [1.807, 2.05) is 11.3 Å². The highest BCUT2D eigenvalue weighted by atomic mass is 32.1. The molecule has 1 unspecified atom stereocenters. The van der Waals surface area contributed by atoms with E-state index in [0.717, 1.165) is 12.2 Å². The van der Waals surface area contributed by atoms with Crippen molar-refractivity contribution >= 4 is 70.7 Å². The monoisotopic (exact) mass is 672 g/mol. The van der Waals surface area contributed by atoms with Crippen molar-refractivity contribution in [3.05, 3.63) is 174 Å². The van der Waals surface area contributed by atoms with E-state index in [0.29, 0.717) is 0 Å². The first-order valence-corrected chi connectivity index (χ1v) is 18.3. The molecular weight excluding hydrogens is 641 g/mol. The lowest BCUT2D eigenvalue weighted by atomic mass is 10.0. The van der Waals surface area contributed by atoms with Gasteiger partial charge in [0.25, 0.3) is 0 Å². The van der Waals surface area contributed by atoms with Gasteiger partial charge >= 0.3 is 0 Å². The van der Waals surface area contributed by atoms with Gasteiger partial charge in [-0.15, -0.1) is 11.3 Å². The van der Waals surface area contributed by atoms with Crippen LogP contribution in [0.5, 0.6) is 0 Å². The molecule has 0 fully saturated rings. The van der Waals surface area contributed by atoms with Crippen molar-refractivity contribution in [2.24, 2.45) is 0 Å². The lowest BCUT2D eigenvalue weighted by molar-refractivity contribution is 0.573. The van der Waals surface area contributed by atoms with Gasteiger partial charge in [-0.05, 0) is 83.4 Å². The fourth-order valence-corrected chi connectivity index (χ4v) is 9.37. The van der Waals surface area contributed by atoms with Crippen LogP contribution in [-0.2, 0) is 6.54 Å². The van der Waals surface area contributed by atoms with Crippen molar-refractivity contribution in [3.63, 3.8) is 0 Å². The molecule has 1 aliphatic rings. The second-order valence-corrected chi connectivity index (χ2v) is 14.6. The minimum atomic E-state index is 0.0258. The van der Waals surface area contributed by atoms with Crippen LogP contribution >= 0.6 is 11.3 Å². The third-order valence-electron chi connectivity index (χ3n) is 10.6. The molecule has 0 radical (unpaired) electrons. The minimum Gasteiger partial charge on any atom is -0.365 e. The van der Waals surface area contributed by atoms with E-state index in [4.69, 9.17) is 0 Å². The molecule has 3 aromatic heterocycles. The lowest BCUT2D eigenvalue weighted by Gasteiger charge is -2.27. The highest BCUT2D eigenvalue weighted by molar-refractivity contribution is 7.19. The van der Waals surface area contributed by atoms with Crippen LogP contribution in [0, 0.1) is 0 Å². The molecule has 0 bridgehead atoms. The SMILES string of the molecule is c1ccc(-n2c3ccccc3c3cc(-c4ccc5c(c4)c4ccccc4n5-c4cccc(C5NCc6sc7ccccc7c6N5)c4)ccc32)cc1. The molecule has 0 saturated carbocycles. The Labute approximate surface area is 298 Å². The molecule has 51 heavy (non-hydrogen) atoms. The average Bonchev–Trinajstić information content (AvgIpc) is 3.85. The molecule has 11 rings (SSSR count). The van der Waals surface area contributed by atoms with Crippen molar-refractivity contribution in [1.82, 2.24) is 14.5 Å². The molecule has 0 amide bonds. The molecule has 242 valence electrons. The summed E-state index contributed by atoms with van der Waals surface area (Å²) >= 11 is 1.87. The van der Waals surface area contributed by atoms with Crippen molar-refractivity contribution in [2.45, 2.75) is 12.7 Å². The van der Waals surface area contributed by atoms with Crippen LogP contribution in [-0.4, -0.2) is 9.13 Å². The van der Waals surface area contributed by atoms with E-state index < -0.39 is 0 Å². The average molecular weight is 673 g/mol. The maximum Gasteiger partial charge on any atom is 0.104 e. The summed E-state index contributed by atoms with van der Waals surface area (Å²) in [5.74, 6) is 0. The summed E-state index contributed by atoms with van der Waals surface area (Å²) in [6.07, 6.45) is 0.0258. The molecule has 2 N–H and O–H groups in total. The van der Waals surface area contributed by atoms with Crippen LogP contribution in [0.1, 0.15) is 16.6 Å². The first-order chi connectivity index (χ1) is 25.3. The Balaban J connectivity index is 1.02. The maximum atomic E-state index is 3.83. The summed E-state index contributed by atoms with van der Waals surface area (Å²) in [6.45, 7) is 0.854. The largest absolute Gasteiger partial charge is 0.365 e. The van der Waals surface area contributed by atoms with Gasteiger partial charge in [-0.2, -0.15) is 0 Å². The number of benzene rings is 7.